The van der Waals surface area contributed by atoms with E-state index in [0.717, 1.165) is 6.42 Å². The van der Waals surface area contributed by atoms with Crippen LogP contribution >= 0.6 is 23.2 Å². The molecule has 2 N–H and O–H groups in total. The summed E-state index contributed by atoms with van der Waals surface area (Å²) in [4.78, 5) is 12.2. The Morgan fingerprint density at radius 2 is 1.41 bits per heavy atom. The molecular weight excluding hydrogens is 469 g/mol. The van der Waals surface area contributed by atoms with Crippen LogP contribution in [0.1, 0.15) is 95.1 Å². The minimum atomic E-state index is -0.722. The zero-order valence-corrected chi connectivity index (χ0v) is 22.1. The lowest BCUT2D eigenvalue weighted by Gasteiger charge is -2.12. The molecule has 2 aromatic carbocycles. The molecule has 0 heterocycles. The molecule has 0 saturated heterocycles. The van der Waals surface area contributed by atoms with Gasteiger partial charge in [-0.2, -0.15) is 0 Å². The molecule has 0 bridgehead atoms. The first kappa shape index (κ1) is 28.3. The number of amides is 1. The summed E-state index contributed by atoms with van der Waals surface area (Å²) >= 11 is 12.1. The van der Waals surface area contributed by atoms with Crippen LogP contribution in [0, 0.1) is 6.92 Å². The molecule has 2 aromatic rings. The number of carbonyl (C=O) groups excluding carboxylic acids is 1. The molecule has 6 heteroatoms. The van der Waals surface area contributed by atoms with Gasteiger partial charge in [-0.05, 0) is 49.1 Å². The van der Waals surface area contributed by atoms with Crippen LogP contribution in [0.4, 0.5) is 10.5 Å². The molecule has 0 aliphatic rings. The minimum absolute atomic E-state index is 0.102. The van der Waals surface area contributed by atoms with Gasteiger partial charge in [-0.3, -0.25) is 5.32 Å². The van der Waals surface area contributed by atoms with E-state index in [4.69, 9.17) is 27.9 Å². The van der Waals surface area contributed by atoms with Crippen molar-refractivity contribution in [3.63, 3.8) is 0 Å². The highest BCUT2D eigenvalue weighted by atomic mass is 35.5. The molecule has 1 amide bonds. The molecule has 0 saturated carbocycles. The fourth-order valence-electron chi connectivity index (χ4n) is 3.94. The second kappa shape index (κ2) is 15.9. The first-order chi connectivity index (χ1) is 16.4. The molecule has 0 spiro atoms. The SMILES string of the molecule is CCCCCCCCCCCCCCc1ccc(OC(=O)Nc2cc(Cl)c(C)c(Cl)c2O)cc1. The number of carbonyl (C=O) groups is 1. The molecule has 188 valence electrons. The zero-order valence-electron chi connectivity index (χ0n) is 20.6. The van der Waals surface area contributed by atoms with Gasteiger partial charge in [0.1, 0.15) is 5.75 Å². The number of nitrogens with one attached hydrogen (secondary N) is 1. The van der Waals surface area contributed by atoms with Crippen molar-refractivity contribution in [2.24, 2.45) is 0 Å². The number of rotatable bonds is 15. The Morgan fingerprint density at radius 1 is 0.882 bits per heavy atom. The Morgan fingerprint density at radius 3 is 1.97 bits per heavy atom. The molecule has 0 fully saturated rings. The van der Waals surface area contributed by atoms with E-state index in [1.165, 1.54) is 88.7 Å². The molecule has 4 nitrogen and oxygen atoms in total. The number of phenolic OH excluding ortho intramolecular Hbond substituents is 1. The van der Waals surface area contributed by atoms with E-state index in [-0.39, 0.29) is 16.5 Å². The molecule has 34 heavy (non-hydrogen) atoms. The first-order valence-corrected chi connectivity index (χ1v) is 13.4. The zero-order chi connectivity index (χ0) is 24.8. The third-order valence-electron chi connectivity index (χ3n) is 6.11. The Balaban J connectivity index is 1.61. The van der Waals surface area contributed by atoms with E-state index >= 15 is 0 Å². The van der Waals surface area contributed by atoms with Crippen molar-refractivity contribution in [3.8, 4) is 11.5 Å². The molecule has 0 atom stereocenters. The van der Waals surface area contributed by atoms with Crippen LogP contribution in [0.5, 0.6) is 11.5 Å². The number of aryl methyl sites for hydroxylation is 1. The normalized spacial score (nSPS) is 10.9. The number of hydrogen-bond acceptors (Lipinski definition) is 3. The smallest absolute Gasteiger partial charge is 0.417 e. The number of benzene rings is 2. The number of phenols is 1. The van der Waals surface area contributed by atoms with E-state index in [1.807, 2.05) is 12.1 Å². The van der Waals surface area contributed by atoms with Crippen LogP contribution in [0.3, 0.4) is 0 Å². The van der Waals surface area contributed by atoms with Gasteiger partial charge in [0.05, 0.1) is 10.7 Å². The van der Waals surface area contributed by atoms with E-state index in [2.05, 4.69) is 12.2 Å². The average Bonchev–Trinajstić information content (AvgIpc) is 2.83. The van der Waals surface area contributed by atoms with Gasteiger partial charge in [-0.15, -0.1) is 0 Å². The maximum absolute atomic E-state index is 12.2. The number of ether oxygens (including phenoxy) is 1. The molecule has 0 unspecified atom stereocenters. The quantitative estimate of drug-likeness (QED) is 0.186. The van der Waals surface area contributed by atoms with Gasteiger partial charge in [-0.1, -0.05) is 113 Å². The highest BCUT2D eigenvalue weighted by Gasteiger charge is 2.15. The average molecular weight is 509 g/mol. The standard InChI is InChI=1S/C28H39Cl2NO3/c1-3-4-5-6-7-8-9-10-11-12-13-14-15-22-16-18-23(19-17-22)34-28(33)31-25-20-24(29)21(2)26(30)27(25)32/h16-20,32H,3-15H2,1-2H3,(H,31,33). The lowest BCUT2D eigenvalue weighted by molar-refractivity contribution is 0.215. The summed E-state index contributed by atoms with van der Waals surface area (Å²) < 4.78 is 5.31. The summed E-state index contributed by atoms with van der Waals surface area (Å²) in [5.41, 5.74) is 1.88. The van der Waals surface area contributed by atoms with Crippen molar-refractivity contribution < 1.29 is 14.6 Å². The van der Waals surface area contributed by atoms with Crippen molar-refractivity contribution >= 4 is 35.0 Å². The summed E-state index contributed by atoms with van der Waals surface area (Å²) in [6.07, 6.45) is 16.4. The highest BCUT2D eigenvalue weighted by Crippen LogP contribution is 2.38. The fourth-order valence-corrected chi connectivity index (χ4v) is 4.39. The highest BCUT2D eigenvalue weighted by molar-refractivity contribution is 6.37. The Labute approximate surface area is 215 Å². The molecule has 0 aliphatic carbocycles. The third kappa shape index (κ3) is 10.1. The summed E-state index contributed by atoms with van der Waals surface area (Å²) in [6, 6.07) is 8.97. The lowest BCUT2D eigenvalue weighted by atomic mass is 10.0. The molecule has 0 aromatic heterocycles. The first-order valence-electron chi connectivity index (χ1n) is 12.7. The molecular formula is C28H39Cl2NO3. The van der Waals surface area contributed by atoms with Crippen molar-refractivity contribution in [1.29, 1.82) is 0 Å². The fraction of sp³-hybridized carbons (Fsp3) is 0.536. The van der Waals surface area contributed by atoms with Crippen LogP contribution in [0.25, 0.3) is 0 Å². The predicted octanol–water partition coefficient (Wildman–Crippen LogP) is 9.86. The lowest BCUT2D eigenvalue weighted by Crippen LogP contribution is -2.17. The van der Waals surface area contributed by atoms with Gasteiger partial charge in [0.2, 0.25) is 0 Å². The summed E-state index contributed by atoms with van der Waals surface area (Å²) in [7, 11) is 0. The van der Waals surface area contributed by atoms with Crippen molar-refractivity contribution in [2.75, 3.05) is 5.32 Å². The summed E-state index contributed by atoms with van der Waals surface area (Å²) in [5.74, 6) is 0.193. The van der Waals surface area contributed by atoms with Gasteiger partial charge in [-0.25, -0.2) is 4.79 Å². The number of halogens is 2. The van der Waals surface area contributed by atoms with Gasteiger partial charge in [0.15, 0.2) is 5.75 Å². The Hall–Kier alpha value is -1.91. The largest absolute Gasteiger partial charge is 0.504 e. The van der Waals surface area contributed by atoms with Crippen molar-refractivity contribution in [1.82, 2.24) is 0 Å². The van der Waals surface area contributed by atoms with Gasteiger partial charge < -0.3 is 9.84 Å². The second-order valence-electron chi connectivity index (χ2n) is 8.99. The third-order valence-corrected chi connectivity index (χ3v) is 6.97. The number of unbranched alkanes of at least 4 members (excludes halogenated alkanes) is 11. The molecule has 0 aliphatic heterocycles. The minimum Gasteiger partial charge on any atom is -0.504 e. The van der Waals surface area contributed by atoms with E-state index in [1.54, 1.807) is 19.1 Å². The van der Waals surface area contributed by atoms with Gasteiger partial charge in [0.25, 0.3) is 0 Å². The van der Waals surface area contributed by atoms with E-state index in [0.29, 0.717) is 16.3 Å². The van der Waals surface area contributed by atoms with Crippen LogP contribution in [0.15, 0.2) is 30.3 Å². The van der Waals surface area contributed by atoms with Gasteiger partial charge in [0, 0.05) is 5.02 Å². The monoisotopic (exact) mass is 507 g/mol. The molecule has 2 rings (SSSR count). The summed E-state index contributed by atoms with van der Waals surface area (Å²) in [5, 5.41) is 13.0. The molecule has 0 radical (unpaired) electrons. The number of anilines is 1. The topological polar surface area (TPSA) is 58.6 Å². The van der Waals surface area contributed by atoms with Gasteiger partial charge >= 0.3 is 6.09 Å². The Kier molecular flexibility index (Phi) is 13.2. The number of hydrogen-bond donors (Lipinski definition) is 2. The van der Waals surface area contributed by atoms with Crippen molar-refractivity contribution in [3.05, 3.63) is 51.5 Å². The van der Waals surface area contributed by atoms with Crippen molar-refractivity contribution in [2.45, 2.75) is 97.3 Å². The maximum Gasteiger partial charge on any atom is 0.417 e. The van der Waals surface area contributed by atoms with E-state index < -0.39 is 6.09 Å². The van der Waals surface area contributed by atoms with E-state index in [9.17, 15) is 9.90 Å². The predicted molar refractivity (Wildman–Crippen MR) is 144 cm³/mol. The Bertz CT molecular complexity index is 884. The van der Waals surface area contributed by atoms with Crippen LogP contribution < -0.4 is 10.1 Å². The number of aromatic hydroxyl groups is 1. The van der Waals surface area contributed by atoms with Crippen LogP contribution in [-0.2, 0) is 6.42 Å². The maximum atomic E-state index is 12.2. The van der Waals surface area contributed by atoms with Crippen LogP contribution in [-0.4, -0.2) is 11.2 Å². The van der Waals surface area contributed by atoms with Crippen LogP contribution in [0.2, 0.25) is 10.0 Å². The summed E-state index contributed by atoms with van der Waals surface area (Å²) in [6.45, 7) is 3.95. The second-order valence-corrected chi connectivity index (χ2v) is 9.78.